The monoisotopic (exact) mass is 438 g/mol. The van der Waals surface area contributed by atoms with Gasteiger partial charge in [-0.1, -0.05) is 19.3 Å². The molecule has 0 saturated heterocycles. The highest BCUT2D eigenvalue weighted by molar-refractivity contribution is 6.14. The minimum absolute atomic E-state index is 0.0625. The molecular weight excluding hydrogens is 412 g/mol. The predicted octanol–water partition coefficient (Wildman–Crippen LogP) is 4.81. The number of esters is 1. The Hall–Kier alpha value is -3.48. The van der Waals surface area contributed by atoms with Crippen LogP contribution in [0.4, 0.5) is 0 Å². The third-order valence-corrected chi connectivity index (χ3v) is 5.82. The molecule has 0 spiro atoms. The second-order valence-corrected chi connectivity index (χ2v) is 7.78. The highest BCUT2D eigenvalue weighted by Gasteiger charge is 2.30. The number of ketones is 1. The van der Waals surface area contributed by atoms with Crippen molar-refractivity contribution in [2.24, 2.45) is 5.92 Å². The first kappa shape index (κ1) is 21.7. The van der Waals surface area contributed by atoms with Gasteiger partial charge in [-0.15, -0.1) is 0 Å². The zero-order chi connectivity index (χ0) is 22.7. The van der Waals surface area contributed by atoms with Crippen molar-refractivity contribution in [2.75, 3.05) is 21.3 Å². The molecule has 7 heteroatoms. The molecule has 0 bridgehead atoms. The van der Waals surface area contributed by atoms with Crippen molar-refractivity contribution in [1.82, 2.24) is 0 Å². The molecule has 4 rings (SSSR count). The van der Waals surface area contributed by atoms with Gasteiger partial charge in [-0.25, -0.2) is 0 Å². The Labute approximate surface area is 186 Å². The molecule has 1 heterocycles. The van der Waals surface area contributed by atoms with Gasteiger partial charge in [-0.05, 0) is 43.2 Å². The van der Waals surface area contributed by atoms with Crippen molar-refractivity contribution in [3.63, 3.8) is 0 Å². The summed E-state index contributed by atoms with van der Waals surface area (Å²) < 4.78 is 27.6. The van der Waals surface area contributed by atoms with Gasteiger partial charge in [0.15, 0.2) is 17.3 Å². The van der Waals surface area contributed by atoms with Crippen LogP contribution in [0.5, 0.6) is 28.7 Å². The highest BCUT2D eigenvalue weighted by atomic mass is 16.5. The minimum Gasteiger partial charge on any atom is -0.493 e. The topological polar surface area (TPSA) is 80.3 Å². The number of allylic oxidation sites excluding steroid dienone is 1. The Morgan fingerprint density at radius 2 is 1.72 bits per heavy atom. The molecule has 0 radical (unpaired) electrons. The molecule has 168 valence electrons. The van der Waals surface area contributed by atoms with Crippen LogP contribution in [0.2, 0.25) is 0 Å². The standard InChI is InChI=1S/C25H26O7/c1-28-19-12-9-16(23(29-2)24(19)30-3)13-21-22(26)18-11-10-17(14-20(18)32-21)31-25(27)15-7-5-4-6-8-15/h9-15H,4-8H2,1-3H3. The van der Waals surface area contributed by atoms with Gasteiger partial charge in [0.1, 0.15) is 11.5 Å². The van der Waals surface area contributed by atoms with E-state index in [4.69, 9.17) is 23.7 Å². The number of fused-ring (bicyclic) bond motifs is 1. The molecule has 2 aromatic rings. The van der Waals surface area contributed by atoms with E-state index in [1.54, 1.807) is 36.4 Å². The van der Waals surface area contributed by atoms with Crippen molar-refractivity contribution in [1.29, 1.82) is 0 Å². The summed E-state index contributed by atoms with van der Waals surface area (Å²) in [5.41, 5.74) is 1.01. The molecule has 0 unspecified atom stereocenters. The van der Waals surface area contributed by atoms with Crippen LogP contribution < -0.4 is 23.7 Å². The SMILES string of the molecule is COc1ccc(C=C2Oc3cc(OC(=O)C4CCCCC4)ccc3C2=O)c(OC)c1OC. The Balaban J connectivity index is 1.57. The first-order valence-electron chi connectivity index (χ1n) is 10.6. The van der Waals surface area contributed by atoms with Crippen molar-refractivity contribution in [3.8, 4) is 28.7 Å². The summed E-state index contributed by atoms with van der Waals surface area (Å²) in [6.45, 7) is 0. The number of hydrogen-bond acceptors (Lipinski definition) is 7. The van der Waals surface area contributed by atoms with Crippen LogP contribution in [0.25, 0.3) is 6.08 Å². The van der Waals surface area contributed by atoms with Crippen LogP contribution in [0.1, 0.15) is 48.0 Å². The number of ether oxygens (including phenoxy) is 5. The third kappa shape index (κ3) is 4.15. The third-order valence-electron chi connectivity index (χ3n) is 5.82. The number of carbonyl (C=O) groups is 2. The first-order chi connectivity index (χ1) is 15.5. The number of rotatable bonds is 6. The summed E-state index contributed by atoms with van der Waals surface area (Å²) in [5.74, 6) is 1.68. The van der Waals surface area contributed by atoms with Crippen LogP contribution in [0.3, 0.4) is 0 Å². The summed E-state index contributed by atoms with van der Waals surface area (Å²) in [7, 11) is 4.56. The zero-order valence-corrected chi connectivity index (χ0v) is 18.4. The van der Waals surface area contributed by atoms with Gasteiger partial charge in [-0.2, -0.15) is 0 Å². The largest absolute Gasteiger partial charge is 0.493 e. The Morgan fingerprint density at radius 3 is 2.41 bits per heavy atom. The fourth-order valence-electron chi connectivity index (χ4n) is 4.15. The second-order valence-electron chi connectivity index (χ2n) is 7.78. The van der Waals surface area contributed by atoms with Crippen molar-refractivity contribution in [2.45, 2.75) is 32.1 Å². The molecule has 0 atom stereocenters. The first-order valence-corrected chi connectivity index (χ1v) is 10.6. The fourth-order valence-corrected chi connectivity index (χ4v) is 4.15. The average molecular weight is 438 g/mol. The molecule has 0 N–H and O–H groups in total. The molecule has 32 heavy (non-hydrogen) atoms. The van der Waals surface area contributed by atoms with Gasteiger partial charge < -0.3 is 23.7 Å². The molecule has 0 amide bonds. The molecule has 1 aliphatic carbocycles. The second kappa shape index (κ2) is 9.34. The van der Waals surface area contributed by atoms with Crippen LogP contribution in [0, 0.1) is 5.92 Å². The van der Waals surface area contributed by atoms with Crippen molar-refractivity contribution in [3.05, 3.63) is 47.2 Å². The molecular formula is C25H26O7. The predicted molar refractivity (Wildman–Crippen MR) is 118 cm³/mol. The number of carbonyl (C=O) groups excluding carboxylic acids is 2. The van der Waals surface area contributed by atoms with E-state index in [9.17, 15) is 9.59 Å². The van der Waals surface area contributed by atoms with Gasteiger partial charge in [0, 0.05) is 11.6 Å². The van der Waals surface area contributed by atoms with Crippen LogP contribution in [0.15, 0.2) is 36.1 Å². The van der Waals surface area contributed by atoms with Crippen molar-refractivity contribution >= 4 is 17.8 Å². The van der Waals surface area contributed by atoms with E-state index < -0.39 is 0 Å². The number of Topliss-reactive ketones (excluding diaryl/α,β-unsaturated/α-hetero) is 1. The molecule has 1 aliphatic heterocycles. The van der Waals surface area contributed by atoms with Crippen molar-refractivity contribution < 1.29 is 33.3 Å². The zero-order valence-electron chi connectivity index (χ0n) is 18.4. The van der Waals surface area contributed by atoms with E-state index >= 15 is 0 Å². The fraction of sp³-hybridized carbons (Fsp3) is 0.360. The highest BCUT2D eigenvalue weighted by Crippen LogP contribution is 2.42. The normalized spacial score (nSPS) is 17.0. The average Bonchev–Trinajstić information content (AvgIpc) is 3.13. The quantitative estimate of drug-likeness (QED) is 0.364. The van der Waals surface area contributed by atoms with Gasteiger partial charge in [-0.3, -0.25) is 9.59 Å². The molecule has 1 saturated carbocycles. The summed E-state index contributed by atoms with van der Waals surface area (Å²) in [4.78, 5) is 25.3. The van der Waals surface area contributed by atoms with Gasteiger partial charge in [0.05, 0.1) is 32.8 Å². The summed E-state index contributed by atoms with van der Waals surface area (Å²) >= 11 is 0. The van der Waals surface area contributed by atoms with E-state index in [1.165, 1.54) is 27.8 Å². The lowest BCUT2D eigenvalue weighted by Gasteiger charge is -2.19. The summed E-state index contributed by atoms with van der Waals surface area (Å²) in [6, 6.07) is 8.31. The Kier molecular flexibility index (Phi) is 6.35. The minimum atomic E-state index is -0.262. The maximum absolute atomic E-state index is 12.9. The Morgan fingerprint density at radius 1 is 0.969 bits per heavy atom. The van der Waals surface area contributed by atoms with Crippen LogP contribution in [-0.4, -0.2) is 33.1 Å². The maximum atomic E-state index is 12.9. The van der Waals surface area contributed by atoms with Gasteiger partial charge in [0.2, 0.25) is 11.5 Å². The van der Waals surface area contributed by atoms with Gasteiger partial charge in [0.25, 0.3) is 0 Å². The molecule has 0 aromatic heterocycles. The lowest BCUT2D eigenvalue weighted by atomic mass is 9.89. The van der Waals surface area contributed by atoms with E-state index in [0.29, 0.717) is 39.9 Å². The van der Waals surface area contributed by atoms with Gasteiger partial charge >= 0.3 is 5.97 Å². The number of benzene rings is 2. The van der Waals surface area contributed by atoms with Crippen LogP contribution in [-0.2, 0) is 4.79 Å². The Bertz CT molecular complexity index is 1060. The molecule has 2 aliphatic rings. The van der Waals surface area contributed by atoms with E-state index in [1.807, 2.05) is 0 Å². The summed E-state index contributed by atoms with van der Waals surface area (Å²) in [6.07, 6.45) is 6.58. The van der Waals surface area contributed by atoms with E-state index in [-0.39, 0.29) is 23.4 Å². The summed E-state index contributed by atoms with van der Waals surface area (Å²) in [5, 5.41) is 0. The molecule has 2 aromatic carbocycles. The lowest BCUT2D eigenvalue weighted by Crippen LogP contribution is -2.22. The van der Waals surface area contributed by atoms with E-state index in [0.717, 1.165) is 25.7 Å². The van der Waals surface area contributed by atoms with Crippen LogP contribution >= 0.6 is 0 Å². The number of methoxy groups -OCH3 is 3. The lowest BCUT2D eigenvalue weighted by molar-refractivity contribution is -0.139. The van der Waals surface area contributed by atoms with E-state index in [2.05, 4.69) is 0 Å². The molecule has 7 nitrogen and oxygen atoms in total. The molecule has 1 fully saturated rings. The maximum Gasteiger partial charge on any atom is 0.314 e. The number of hydrogen-bond donors (Lipinski definition) is 0. The smallest absolute Gasteiger partial charge is 0.314 e.